The Kier molecular flexibility index (Phi) is 3.49. The molecule has 2 saturated carbocycles. The van der Waals surface area contributed by atoms with Gasteiger partial charge in [-0.05, 0) is 49.1 Å². The monoisotopic (exact) mass is 265 g/mol. The minimum Gasteiger partial charge on any atom is -0.493 e. The van der Waals surface area contributed by atoms with E-state index in [0.717, 1.165) is 35.7 Å². The highest BCUT2D eigenvalue weighted by atomic mass is 35.5. The third-order valence-electron chi connectivity index (χ3n) is 4.62. The second kappa shape index (κ2) is 5.10. The Labute approximate surface area is 113 Å². The summed E-state index contributed by atoms with van der Waals surface area (Å²) in [6.07, 6.45) is 5.61. The van der Waals surface area contributed by atoms with Crippen LogP contribution in [0.2, 0.25) is 5.02 Å². The molecule has 2 nitrogen and oxygen atoms in total. The van der Waals surface area contributed by atoms with Crippen LogP contribution >= 0.6 is 11.6 Å². The average Bonchev–Trinajstić information content (AvgIpc) is 2.98. The Balaban J connectivity index is 1.65. The summed E-state index contributed by atoms with van der Waals surface area (Å²) >= 11 is 6.13. The molecule has 2 aliphatic rings. The molecule has 3 rings (SSSR count). The Morgan fingerprint density at radius 2 is 2.17 bits per heavy atom. The van der Waals surface area contributed by atoms with Gasteiger partial charge in [0.15, 0.2) is 0 Å². The van der Waals surface area contributed by atoms with Crippen molar-refractivity contribution in [3.05, 3.63) is 28.8 Å². The van der Waals surface area contributed by atoms with E-state index in [9.17, 15) is 0 Å². The van der Waals surface area contributed by atoms with E-state index in [1.165, 1.54) is 25.7 Å². The zero-order valence-electron chi connectivity index (χ0n) is 10.6. The van der Waals surface area contributed by atoms with E-state index >= 15 is 0 Å². The fourth-order valence-electron chi connectivity index (χ4n) is 3.65. The van der Waals surface area contributed by atoms with Crippen molar-refractivity contribution in [2.24, 2.45) is 23.5 Å². The molecule has 2 fully saturated rings. The summed E-state index contributed by atoms with van der Waals surface area (Å²) in [6, 6.07) is 5.77. The van der Waals surface area contributed by atoms with Gasteiger partial charge in [-0.3, -0.25) is 0 Å². The quantitative estimate of drug-likeness (QED) is 0.903. The van der Waals surface area contributed by atoms with Gasteiger partial charge in [0.1, 0.15) is 5.75 Å². The summed E-state index contributed by atoms with van der Waals surface area (Å²) in [6.45, 7) is 1.26. The minimum absolute atomic E-state index is 0.436. The fourth-order valence-corrected chi connectivity index (χ4v) is 3.89. The number of fused-ring (bicyclic) bond motifs is 2. The molecular weight excluding hydrogens is 246 g/mol. The molecule has 18 heavy (non-hydrogen) atoms. The minimum atomic E-state index is 0.436. The van der Waals surface area contributed by atoms with E-state index < -0.39 is 0 Å². The van der Waals surface area contributed by atoms with Gasteiger partial charge >= 0.3 is 0 Å². The lowest BCUT2D eigenvalue weighted by Crippen LogP contribution is -2.19. The van der Waals surface area contributed by atoms with Crippen molar-refractivity contribution in [2.45, 2.75) is 32.2 Å². The number of benzene rings is 1. The van der Waals surface area contributed by atoms with Crippen molar-refractivity contribution < 1.29 is 4.74 Å². The maximum atomic E-state index is 6.13. The second-order valence-electron chi connectivity index (χ2n) is 5.67. The number of ether oxygens (including phenoxy) is 1. The van der Waals surface area contributed by atoms with E-state index in [1.54, 1.807) is 0 Å². The van der Waals surface area contributed by atoms with Crippen molar-refractivity contribution >= 4 is 11.6 Å². The number of rotatable bonds is 4. The number of nitrogens with two attached hydrogens (primary N) is 1. The van der Waals surface area contributed by atoms with Crippen molar-refractivity contribution in [3.8, 4) is 5.75 Å². The highest BCUT2D eigenvalue weighted by Crippen LogP contribution is 2.48. The van der Waals surface area contributed by atoms with Gasteiger partial charge in [-0.15, -0.1) is 0 Å². The number of hydrogen-bond donors (Lipinski definition) is 1. The predicted octanol–water partition coefficient (Wildman–Crippen LogP) is 3.61. The van der Waals surface area contributed by atoms with Crippen molar-refractivity contribution in [1.29, 1.82) is 0 Å². The Bertz CT molecular complexity index is 435. The van der Waals surface area contributed by atoms with Gasteiger partial charge in [0.25, 0.3) is 0 Å². The largest absolute Gasteiger partial charge is 0.493 e. The first kappa shape index (κ1) is 12.3. The molecule has 0 saturated heterocycles. The van der Waals surface area contributed by atoms with Crippen LogP contribution in [0.4, 0.5) is 0 Å². The van der Waals surface area contributed by atoms with Crippen LogP contribution in [0.25, 0.3) is 0 Å². The lowest BCUT2D eigenvalue weighted by atomic mass is 9.89. The molecule has 1 aromatic carbocycles. The van der Waals surface area contributed by atoms with Crippen molar-refractivity contribution in [3.63, 3.8) is 0 Å². The SMILES string of the molecule is NCc1c(Cl)cccc1OCC1CC2CCC1C2. The molecular formula is C15H20ClNO. The molecule has 0 heterocycles. The van der Waals surface area contributed by atoms with Crippen LogP contribution in [0.1, 0.15) is 31.2 Å². The number of halogens is 1. The van der Waals surface area contributed by atoms with Crippen LogP contribution in [0.3, 0.4) is 0 Å². The van der Waals surface area contributed by atoms with Crippen LogP contribution in [0, 0.1) is 17.8 Å². The smallest absolute Gasteiger partial charge is 0.125 e. The van der Waals surface area contributed by atoms with Gasteiger partial charge < -0.3 is 10.5 Å². The second-order valence-corrected chi connectivity index (χ2v) is 6.07. The molecule has 3 unspecified atom stereocenters. The van der Waals surface area contributed by atoms with E-state index in [0.29, 0.717) is 11.6 Å². The fraction of sp³-hybridized carbons (Fsp3) is 0.600. The molecule has 0 aromatic heterocycles. The van der Waals surface area contributed by atoms with Gasteiger partial charge in [-0.1, -0.05) is 24.1 Å². The summed E-state index contributed by atoms with van der Waals surface area (Å²) in [5.41, 5.74) is 6.66. The zero-order chi connectivity index (χ0) is 12.5. The Morgan fingerprint density at radius 3 is 2.83 bits per heavy atom. The van der Waals surface area contributed by atoms with Crippen LogP contribution in [-0.4, -0.2) is 6.61 Å². The molecule has 98 valence electrons. The molecule has 0 spiro atoms. The molecule has 3 atom stereocenters. The van der Waals surface area contributed by atoms with E-state index in [2.05, 4.69) is 0 Å². The topological polar surface area (TPSA) is 35.2 Å². The van der Waals surface area contributed by atoms with Gasteiger partial charge in [0.2, 0.25) is 0 Å². The number of hydrogen-bond acceptors (Lipinski definition) is 2. The van der Waals surface area contributed by atoms with Crippen LogP contribution in [0.15, 0.2) is 18.2 Å². The van der Waals surface area contributed by atoms with E-state index in [1.807, 2.05) is 18.2 Å². The molecule has 0 amide bonds. The first-order valence-electron chi connectivity index (χ1n) is 6.88. The van der Waals surface area contributed by atoms with Crippen LogP contribution in [0.5, 0.6) is 5.75 Å². The maximum absolute atomic E-state index is 6.13. The first-order chi connectivity index (χ1) is 8.78. The Hall–Kier alpha value is -0.730. The van der Waals surface area contributed by atoms with Crippen molar-refractivity contribution in [2.75, 3.05) is 6.61 Å². The van der Waals surface area contributed by atoms with Gasteiger partial charge in [0.05, 0.1) is 6.61 Å². The molecule has 1 aromatic rings. The Morgan fingerprint density at radius 1 is 1.28 bits per heavy atom. The predicted molar refractivity (Wildman–Crippen MR) is 73.8 cm³/mol. The molecule has 0 radical (unpaired) electrons. The molecule has 0 aliphatic heterocycles. The van der Waals surface area contributed by atoms with Gasteiger partial charge in [0, 0.05) is 17.1 Å². The van der Waals surface area contributed by atoms with Gasteiger partial charge in [-0.2, -0.15) is 0 Å². The maximum Gasteiger partial charge on any atom is 0.125 e. The first-order valence-corrected chi connectivity index (χ1v) is 7.26. The van der Waals surface area contributed by atoms with E-state index in [-0.39, 0.29) is 0 Å². The summed E-state index contributed by atoms with van der Waals surface area (Å²) in [4.78, 5) is 0. The van der Waals surface area contributed by atoms with Gasteiger partial charge in [-0.25, -0.2) is 0 Å². The summed E-state index contributed by atoms with van der Waals surface area (Å²) in [7, 11) is 0. The highest BCUT2D eigenvalue weighted by molar-refractivity contribution is 6.31. The third-order valence-corrected chi connectivity index (χ3v) is 4.97. The van der Waals surface area contributed by atoms with E-state index in [4.69, 9.17) is 22.1 Å². The lowest BCUT2D eigenvalue weighted by Gasteiger charge is -2.22. The molecule has 2 bridgehead atoms. The summed E-state index contributed by atoms with van der Waals surface area (Å²) in [5.74, 6) is 3.48. The molecule has 3 heteroatoms. The summed E-state index contributed by atoms with van der Waals surface area (Å²) < 4.78 is 5.98. The zero-order valence-corrected chi connectivity index (χ0v) is 11.3. The molecule has 2 aliphatic carbocycles. The third kappa shape index (κ3) is 2.24. The normalized spacial score (nSPS) is 29.8. The standard InChI is InChI=1S/C15H20ClNO/c16-14-2-1-3-15(13(14)8-17)18-9-12-7-10-4-5-11(12)6-10/h1-3,10-12H,4-9,17H2. The van der Waals surface area contributed by atoms with Crippen LogP contribution < -0.4 is 10.5 Å². The van der Waals surface area contributed by atoms with Crippen molar-refractivity contribution in [1.82, 2.24) is 0 Å². The highest BCUT2D eigenvalue weighted by Gasteiger charge is 2.39. The van der Waals surface area contributed by atoms with Crippen LogP contribution in [-0.2, 0) is 6.54 Å². The average molecular weight is 266 g/mol. The summed E-state index contributed by atoms with van der Waals surface area (Å²) in [5, 5.41) is 0.711. The lowest BCUT2D eigenvalue weighted by molar-refractivity contribution is 0.194. The molecule has 2 N–H and O–H groups in total.